The van der Waals surface area contributed by atoms with Crippen molar-refractivity contribution in [2.45, 2.75) is 4.21 Å². The number of likely N-dealkylation sites (N-methyl/N-ethyl adjacent to an activating group) is 1. The van der Waals surface area contributed by atoms with Crippen LogP contribution in [0.4, 0.5) is 0 Å². The van der Waals surface area contributed by atoms with E-state index in [9.17, 15) is 22.8 Å². The van der Waals surface area contributed by atoms with Crippen molar-refractivity contribution in [3.05, 3.63) is 57.8 Å². The van der Waals surface area contributed by atoms with E-state index in [2.05, 4.69) is 21.0 Å². The van der Waals surface area contributed by atoms with Gasteiger partial charge in [-0.2, -0.15) is 9.40 Å². The number of aromatic amines is 1. The summed E-state index contributed by atoms with van der Waals surface area (Å²) in [5, 5.41) is 8.13. The molecule has 0 saturated carbocycles. The fourth-order valence-electron chi connectivity index (χ4n) is 2.36. The Morgan fingerprint density at radius 3 is 2.54 bits per heavy atom. The predicted octanol–water partition coefficient (Wildman–Crippen LogP) is 0.0663. The second-order valence-corrected chi connectivity index (χ2v) is 8.86. The number of hydrogen-bond donors (Lipinski definition) is 3. The van der Waals surface area contributed by atoms with E-state index < -0.39 is 33.9 Å². The van der Waals surface area contributed by atoms with Crippen molar-refractivity contribution < 1.29 is 18.0 Å². The molecule has 1 aromatic carbocycles. The predicted molar refractivity (Wildman–Crippen MR) is 102 cm³/mol. The number of amides is 2. The lowest BCUT2D eigenvalue weighted by molar-refractivity contribution is -0.121. The third kappa shape index (κ3) is 3.93. The Morgan fingerprint density at radius 1 is 1.14 bits per heavy atom. The number of benzene rings is 1. The van der Waals surface area contributed by atoms with Crippen molar-refractivity contribution in [2.75, 3.05) is 13.6 Å². The Balaban J connectivity index is 1.66. The second-order valence-electron chi connectivity index (χ2n) is 5.64. The van der Waals surface area contributed by atoms with Crippen molar-refractivity contribution in [1.82, 2.24) is 25.4 Å². The summed E-state index contributed by atoms with van der Waals surface area (Å²) in [7, 11) is -2.53. The van der Waals surface area contributed by atoms with Crippen LogP contribution in [-0.4, -0.2) is 48.3 Å². The molecule has 0 aliphatic rings. The first-order valence-electron chi connectivity index (χ1n) is 7.87. The molecule has 0 atom stereocenters. The van der Waals surface area contributed by atoms with E-state index in [4.69, 9.17) is 0 Å². The van der Waals surface area contributed by atoms with Gasteiger partial charge in [0.2, 0.25) is 0 Å². The molecule has 28 heavy (non-hydrogen) atoms. The number of carbonyl (C=O) groups is 2. The number of nitrogens with zero attached hydrogens (tertiary/aromatic N) is 2. The standard InChI is InChI=1S/C16H15N5O5S2/c1-21(28(25,26)13-7-4-8-27-13)9-12(22)17-20-16(24)14-10-5-2-3-6-11(10)15(23)19-18-14/h2-8H,9H2,1H3,(H,17,22)(H,19,23)(H,20,24). The van der Waals surface area contributed by atoms with Crippen molar-refractivity contribution in [1.29, 1.82) is 0 Å². The van der Waals surface area contributed by atoms with Crippen LogP contribution < -0.4 is 16.4 Å². The van der Waals surface area contributed by atoms with Gasteiger partial charge in [0, 0.05) is 12.4 Å². The maximum Gasteiger partial charge on any atom is 0.290 e. The number of sulfonamides is 1. The maximum atomic E-state index is 12.3. The van der Waals surface area contributed by atoms with Crippen molar-refractivity contribution >= 4 is 43.9 Å². The Bertz CT molecular complexity index is 1190. The van der Waals surface area contributed by atoms with Gasteiger partial charge in [-0.1, -0.05) is 24.3 Å². The van der Waals surface area contributed by atoms with Crippen LogP contribution in [0, 0.1) is 0 Å². The van der Waals surface area contributed by atoms with Gasteiger partial charge in [0.15, 0.2) is 5.69 Å². The van der Waals surface area contributed by atoms with Crippen LogP contribution in [0.25, 0.3) is 10.8 Å². The van der Waals surface area contributed by atoms with Crippen LogP contribution in [0.15, 0.2) is 50.8 Å². The monoisotopic (exact) mass is 421 g/mol. The Kier molecular flexibility index (Phi) is 5.53. The number of rotatable bonds is 5. The molecule has 0 radical (unpaired) electrons. The summed E-state index contributed by atoms with van der Waals surface area (Å²) in [4.78, 5) is 36.1. The quantitative estimate of drug-likeness (QED) is 0.498. The smallest absolute Gasteiger partial charge is 0.272 e. The molecule has 0 saturated heterocycles. The van der Waals surface area contributed by atoms with E-state index in [0.717, 1.165) is 15.6 Å². The number of nitrogens with one attached hydrogen (secondary N) is 3. The molecule has 3 N–H and O–H groups in total. The van der Waals surface area contributed by atoms with E-state index in [1.165, 1.54) is 19.2 Å². The average Bonchev–Trinajstić information content (AvgIpc) is 3.22. The highest BCUT2D eigenvalue weighted by Gasteiger charge is 2.24. The van der Waals surface area contributed by atoms with Crippen LogP contribution in [0.1, 0.15) is 10.5 Å². The van der Waals surface area contributed by atoms with Crippen LogP contribution in [-0.2, 0) is 14.8 Å². The first-order valence-corrected chi connectivity index (χ1v) is 10.2. The van der Waals surface area contributed by atoms with Crippen LogP contribution >= 0.6 is 11.3 Å². The molecule has 2 amide bonds. The highest BCUT2D eigenvalue weighted by Crippen LogP contribution is 2.19. The van der Waals surface area contributed by atoms with E-state index in [-0.39, 0.29) is 15.3 Å². The van der Waals surface area contributed by atoms with Crippen LogP contribution in [0.5, 0.6) is 0 Å². The van der Waals surface area contributed by atoms with Gasteiger partial charge < -0.3 is 0 Å². The summed E-state index contributed by atoms with van der Waals surface area (Å²) in [6, 6.07) is 9.40. The molecule has 0 aliphatic carbocycles. The molecule has 10 nitrogen and oxygen atoms in total. The lowest BCUT2D eigenvalue weighted by atomic mass is 10.1. The molecule has 3 rings (SSSR count). The van der Waals surface area contributed by atoms with Crippen LogP contribution in [0.3, 0.4) is 0 Å². The lowest BCUT2D eigenvalue weighted by Gasteiger charge is -2.16. The summed E-state index contributed by atoms with van der Waals surface area (Å²) in [6.07, 6.45) is 0. The van der Waals surface area contributed by atoms with E-state index in [1.54, 1.807) is 29.6 Å². The van der Waals surface area contributed by atoms with Gasteiger partial charge >= 0.3 is 0 Å². The third-order valence-electron chi connectivity index (χ3n) is 3.75. The number of carbonyl (C=O) groups excluding carboxylic acids is 2. The zero-order chi connectivity index (χ0) is 20.3. The first kappa shape index (κ1) is 19.7. The molecule has 146 valence electrons. The van der Waals surface area contributed by atoms with Gasteiger partial charge in [-0.3, -0.25) is 25.2 Å². The Labute approximate surface area is 163 Å². The van der Waals surface area contributed by atoms with Gasteiger partial charge in [-0.05, 0) is 17.5 Å². The summed E-state index contributed by atoms with van der Waals surface area (Å²) in [5.41, 5.74) is 3.76. The minimum absolute atomic E-state index is 0.0879. The van der Waals surface area contributed by atoms with E-state index in [1.807, 2.05) is 0 Å². The van der Waals surface area contributed by atoms with Gasteiger partial charge in [-0.15, -0.1) is 11.3 Å². The number of fused-ring (bicyclic) bond motifs is 1. The van der Waals surface area contributed by atoms with Crippen LogP contribution in [0.2, 0.25) is 0 Å². The topological polar surface area (TPSA) is 141 Å². The molecule has 0 unspecified atom stereocenters. The van der Waals surface area contributed by atoms with Gasteiger partial charge in [0.25, 0.3) is 27.4 Å². The molecule has 2 aromatic heterocycles. The Hall–Kier alpha value is -3.09. The molecular formula is C16H15N5O5S2. The van der Waals surface area contributed by atoms with Gasteiger partial charge in [-0.25, -0.2) is 13.5 Å². The maximum absolute atomic E-state index is 12.3. The zero-order valence-corrected chi connectivity index (χ0v) is 16.1. The Morgan fingerprint density at radius 2 is 1.86 bits per heavy atom. The number of thiophene rings is 1. The van der Waals surface area contributed by atoms with Gasteiger partial charge in [0.05, 0.1) is 11.9 Å². The zero-order valence-electron chi connectivity index (χ0n) is 14.5. The molecule has 12 heteroatoms. The fraction of sp³-hybridized carbons (Fsp3) is 0.125. The third-order valence-corrected chi connectivity index (χ3v) is 6.93. The van der Waals surface area contributed by atoms with Gasteiger partial charge in [0.1, 0.15) is 4.21 Å². The lowest BCUT2D eigenvalue weighted by Crippen LogP contribution is -2.47. The second kappa shape index (κ2) is 7.88. The summed E-state index contributed by atoms with van der Waals surface area (Å²) in [5.74, 6) is -1.51. The fourth-order valence-corrected chi connectivity index (χ4v) is 4.69. The molecule has 2 heterocycles. The SMILES string of the molecule is CN(CC(=O)NNC(=O)c1n[nH]c(=O)c2ccccc12)S(=O)(=O)c1cccs1. The van der Waals surface area contributed by atoms with Crippen molar-refractivity contribution in [3.8, 4) is 0 Å². The van der Waals surface area contributed by atoms with Crippen molar-refractivity contribution in [2.24, 2.45) is 0 Å². The number of hydrazine groups is 1. The highest BCUT2D eigenvalue weighted by atomic mass is 32.2. The number of H-pyrrole nitrogens is 1. The molecule has 3 aromatic rings. The van der Waals surface area contributed by atoms with Crippen molar-refractivity contribution in [3.63, 3.8) is 0 Å². The largest absolute Gasteiger partial charge is 0.290 e. The minimum Gasteiger partial charge on any atom is -0.272 e. The van der Waals surface area contributed by atoms with E-state index in [0.29, 0.717) is 5.39 Å². The minimum atomic E-state index is -3.79. The molecule has 0 spiro atoms. The number of aromatic nitrogens is 2. The first-order chi connectivity index (χ1) is 13.3. The molecule has 0 fully saturated rings. The molecule has 0 bridgehead atoms. The summed E-state index contributed by atoms with van der Waals surface area (Å²) in [6.45, 7) is -0.500. The molecular weight excluding hydrogens is 406 g/mol. The molecule has 0 aliphatic heterocycles. The summed E-state index contributed by atoms with van der Waals surface area (Å²) < 4.78 is 25.6. The highest BCUT2D eigenvalue weighted by molar-refractivity contribution is 7.91. The number of hydrogen-bond acceptors (Lipinski definition) is 7. The normalized spacial score (nSPS) is 11.5. The summed E-state index contributed by atoms with van der Waals surface area (Å²) >= 11 is 1.03. The van der Waals surface area contributed by atoms with E-state index >= 15 is 0 Å². The average molecular weight is 421 g/mol.